The summed E-state index contributed by atoms with van der Waals surface area (Å²) < 4.78 is 10.7. The van der Waals surface area contributed by atoms with E-state index in [0.29, 0.717) is 13.3 Å². The summed E-state index contributed by atoms with van der Waals surface area (Å²) >= 11 is 0. The van der Waals surface area contributed by atoms with Gasteiger partial charge in [-0.1, -0.05) is 6.07 Å². The molecule has 0 spiro atoms. The Morgan fingerprint density at radius 1 is 1.33 bits per heavy atom. The number of benzene rings is 1. The van der Waals surface area contributed by atoms with E-state index in [4.69, 9.17) is 9.47 Å². The lowest BCUT2D eigenvalue weighted by molar-refractivity contribution is 0.174. The van der Waals surface area contributed by atoms with Crippen LogP contribution in [0.25, 0.3) is 0 Å². The summed E-state index contributed by atoms with van der Waals surface area (Å²) in [4.78, 5) is 10.9. The summed E-state index contributed by atoms with van der Waals surface area (Å²) in [6.45, 7) is 2.96. The molecule has 1 aromatic carbocycles. The van der Waals surface area contributed by atoms with E-state index in [1.165, 1.54) is 0 Å². The number of hydrogen-bond acceptors (Lipinski definition) is 7. The maximum absolute atomic E-state index is 5.40. The minimum Gasteiger partial charge on any atom is -0.454 e. The van der Waals surface area contributed by atoms with Crippen LogP contribution >= 0.6 is 0 Å². The van der Waals surface area contributed by atoms with Gasteiger partial charge in [-0.2, -0.15) is 0 Å². The zero-order valence-electron chi connectivity index (χ0n) is 12.4. The number of nitrogens with one attached hydrogen (secondary N) is 2. The van der Waals surface area contributed by atoms with Crippen molar-refractivity contribution in [3.05, 3.63) is 23.8 Å². The molecule has 21 heavy (non-hydrogen) atoms. The third-order valence-corrected chi connectivity index (χ3v) is 3.31. The van der Waals surface area contributed by atoms with Gasteiger partial charge < -0.3 is 19.7 Å². The molecule has 0 fully saturated rings. The summed E-state index contributed by atoms with van der Waals surface area (Å²) in [6, 6.07) is 5.97. The maximum atomic E-state index is 5.40. The van der Waals surface area contributed by atoms with Crippen LogP contribution in [0, 0.1) is 0 Å². The molecule has 1 aromatic rings. The van der Waals surface area contributed by atoms with Gasteiger partial charge in [0.1, 0.15) is 6.17 Å². The second kappa shape index (κ2) is 5.51. The van der Waals surface area contributed by atoms with E-state index in [-0.39, 0.29) is 6.17 Å². The lowest BCUT2D eigenvalue weighted by Crippen LogP contribution is -2.49. The molecule has 2 heterocycles. The first kappa shape index (κ1) is 13.5. The molecule has 3 rings (SSSR count). The molecule has 2 aliphatic heterocycles. The molecule has 0 aliphatic carbocycles. The van der Waals surface area contributed by atoms with Crippen LogP contribution in [0.2, 0.25) is 0 Å². The van der Waals surface area contributed by atoms with E-state index in [0.717, 1.165) is 29.0 Å². The van der Waals surface area contributed by atoms with Crippen molar-refractivity contribution in [3.63, 3.8) is 0 Å². The lowest BCUT2D eigenvalue weighted by Gasteiger charge is -2.26. The minimum absolute atomic E-state index is 0.0945. The third-order valence-electron chi connectivity index (χ3n) is 3.31. The lowest BCUT2D eigenvalue weighted by atomic mass is 10.2. The fourth-order valence-corrected chi connectivity index (χ4v) is 2.27. The summed E-state index contributed by atoms with van der Waals surface area (Å²) in [5, 5.41) is 6.18. The number of guanidine groups is 2. The van der Waals surface area contributed by atoms with Crippen LogP contribution < -0.4 is 20.1 Å². The molecule has 0 saturated carbocycles. The second-order valence-corrected chi connectivity index (χ2v) is 4.98. The molecule has 1 atom stereocenters. The van der Waals surface area contributed by atoms with Gasteiger partial charge in [0, 0.05) is 20.6 Å². The minimum atomic E-state index is -0.0945. The molecule has 0 bridgehead atoms. The van der Waals surface area contributed by atoms with Crippen molar-refractivity contribution < 1.29 is 9.47 Å². The smallest absolute Gasteiger partial charge is 0.231 e. The molecule has 0 amide bonds. The molecule has 2 aliphatic rings. The van der Waals surface area contributed by atoms with Gasteiger partial charge in [0.2, 0.25) is 12.8 Å². The number of rotatable bonds is 2. The van der Waals surface area contributed by atoms with Crippen LogP contribution in [-0.2, 0) is 6.54 Å². The molecule has 2 N–H and O–H groups in total. The Labute approximate surface area is 123 Å². The van der Waals surface area contributed by atoms with Crippen LogP contribution in [0.3, 0.4) is 0 Å². The Bertz CT molecular complexity index is 599. The molecule has 7 heteroatoms. The quantitative estimate of drug-likeness (QED) is 0.840. The third kappa shape index (κ3) is 2.86. The molecule has 1 unspecified atom stereocenters. The molecule has 112 valence electrons. The van der Waals surface area contributed by atoms with E-state index in [9.17, 15) is 0 Å². The van der Waals surface area contributed by atoms with E-state index in [2.05, 4.69) is 20.6 Å². The van der Waals surface area contributed by atoms with Crippen molar-refractivity contribution in [3.8, 4) is 11.5 Å². The first-order valence-corrected chi connectivity index (χ1v) is 6.86. The summed E-state index contributed by atoms with van der Waals surface area (Å²) in [5.41, 5.74) is 1.13. The SMILES string of the molecule is CNC1=NC(C)N=C(N(C)Cc2ccc3c(c2)OCO3)N1. The average molecular weight is 289 g/mol. The van der Waals surface area contributed by atoms with Crippen LogP contribution in [0.1, 0.15) is 12.5 Å². The fourth-order valence-electron chi connectivity index (χ4n) is 2.27. The van der Waals surface area contributed by atoms with Gasteiger partial charge in [-0.15, -0.1) is 0 Å². The topological polar surface area (TPSA) is 70.5 Å². The maximum Gasteiger partial charge on any atom is 0.231 e. The molecule has 0 saturated heterocycles. The van der Waals surface area contributed by atoms with Crippen LogP contribution in [0.5, 0.6) is 11.5 Å². The van der Waals surface area contributed by atoms with Gasteiger partial charge >= 0.3 is 0 Å². The van der Waals surface area contributed by atoms with Crippen LogP contribution in [0.15, 0.2) is 28.2 Å². The highest BCUT2D eigenvalue weighted by Crippen LogP contribution is 2.32. The second-order valence-electron chi connectivity index (χ2n) is 4.98. The highest BCUT2D eigenvalue weighted by atomic mass is 16.7. The van der Waals surface area contributed by atoms with E-state index < -0.39 is 0 Å². The summed E-state index contributed by atoms with van der Waals surface area (Å²) in [7, 11) is 3.82. The Morgan fingerprint density at radius 3 is 2.95 bits per heavy atom. The van der Waals surface area contributed by atoms with Crippen molar-refractivity contribution in [2.24, 2.45) is 9.98 Å². The predicted octanol–water partition coefficient (Wildman–Crippen LogP) is 0.728. The zero-order valence-corrected chi connectivity index (χ0v) is 12.4. The highest BCUT2D eigenvalue weighted by Gasteiger charge is 2.18. The molecule has 7 nitrogen and oxygen atoms in total. The van der Waals surface area contributed by atoms with Gasteiger partial charge in [-0.25, -0.2) is 9.98 Å². The number of nitrogens with zero attached hydrogens (tertiary/aromatic N) is 3. The van der Waals surface area contributed by atoms with E-state index in [1.807, 2.05) is 44.1 Å². The molecule has 0 radical (unpaired) electrons. The number of hydrogen-bond donors (Lipinski definition) is 2. The van der Waals surface area contributed by atoms with Crippen molar-refractivity contribution in [2.45, 2.75) is 19.6 Å². The fraction of sp³-hybridized carbons (Fsp3) is 0.429. The molecular formula is C14H19N5O2. The Morgan fingerprint density at radius 2 is 2.14 bits per heavy atom. The first-order chi connectivity index (χ1) is 10.2. The Hall–Kier alpha value is -2.44. The van der Waals surface area contributed by atoms with Crippen molar-refractivity contribution in [1.29, 1.82) is 0 Å². The monoisotopic (exact) mass is 289 g/mol. The van der Waals surface area contributed by atoms with Crippen molar-refractivity contribution in [2.75, 3.05) is 20.9 Å². The first-order valence-electron chi connectivity index (χ1n) is 6.86. The predicted molar refractivity (Wildman–Crippen MR) is 80.6 cm³/mol. The number of aliphatic imine (C=N–C) groups is 2. The van der Waals surface area contributed by atoms with E-state index >= 15 is 0 Å². The zero-order chi connectivity index (χ0) is 14.8. The molecular weight excluding hydrogens is 270 g/mol. The van der Waals surface area contributed by atoms with Crippen LogP contribution in [0.4, 0.5) is 0 Å². The number of fused-ring (bicyclic) bond motifs is 1. The molecule has 0 aromatic heterocycles. The normalized spacial score (nSPS) is 19.5. The summed E-state index contributed by atoms with van der Waals surface area (Å²) in [6.07, 6.45) is -0.0945. The average Bonchev–Trinajstić information content (AvgIpc) is 2.94. The van der Waals surface area contributed by atoms with Gasteiger partial charge in [-0.3, -0.25) is 5.32 Å². The Balaban J connectivity index is 1.70. The van der Waals surface area contributed by atoms with Gasteiger partial charge in [0.05, 0.1) is 0 Å². The van der Waals surface area contributed by atoms with Crippen molar-refractivity contribution >= 4 is 11.9 Å². The van der Waals surface area contributed by atoms with Gasteiger partial charge in [-0.05, 0) is 24.6 Å². The number of ether oxygens (including phenoxy) is 2. The van der Waals surface area contributed by atoms with Gasteiger partial charge in [0.15, 0.2) is 17.5 Å². The largest absolute Gasteiger partial charge is 0.454 e. The van der Waals surface area contributed by atoms with E-state index in [1.54, 1.807) is 0 Å². The standard InChI is InChI=1S/C14H19N5O2/c1-9-16-13(15-2)18-14(17-9)19(3)7-10-4-5-11-12(6-10)21-8-20-11/h4-6,9H,7-8H2,1-3H3,(H2,15,16,17,18). The van der Waals surface area contributed by atoms with Crippen LogP contribution in [-0.4, -0.2) is 43.9 Å². The van der Waals surface area contributed by atoms with Crippen molar-refractivity contribution in [1.82, 2.24) is 15.5 Å². The Kier molecular flexibility index (Phi) is 3.55. The van der Waals surface area contributed by atoms with Gasteiger partial charge in [0.25, 0.3) is 0 Å². The highest BCUT2D eigenvalue weighted by molar-refractivity contribution is 5.99. The summed E-state index contributed by atoms with van der Waals surface area (Å²) in [5.74, 6) is 3.11.